The Morgan fingerprint density at radius 2 is 0.983 bits per heavy atom. The van der Waals surface area contributed by atoms with Crippen LogP contribution in [-0.4, -0.2) is 75.6 Å². The van der Waals surface area contributed by atoms with E-state index in [4.69, 9.17) is 18.5 Å². The molecule has 0 aliphatic heterocycles. The lowest BCUT2D eigenvalue weighted by Gasteiger charge is -2.24. The van der Waals surface area contributed by atoms with Crippen LogP contribution in [0.3, 0.4) is 0 Å². The molecule has 0 bridgehead atoms. The summed E-state index contributed by atoms with van der Waals surface area (Å²) >= 11 is 0. The summed E-state index contributed by atoms with van der Waals surface area (Å²) in [4.78, 5) is 23.0. The Kier molecular flexibility index (Phi) is 41.6. The molecule has 0 radical (unpaired) electrons. The second kappa shape index (κ2) is 42.9. The molecule has 59 heavy (non-hydrogen) atoms. The average molecular weight is 851 g/mol. The molecule has 0 heterocycles. The first-order chi connectivity index (χ1) is 28.6. The van der Waals surface area contributed by atoms with Gasteiger partial charge in [0.2, 0.25) is 0 Å². The number of hydrogen-bond acceptors (Lipinski definition) is 6. The Balaban J connectivity index is 4.20. The fourth-order valence-corrected chi connectivity index (χ4v) is 7.10. The van der Waals surface area contributed by atoms with Crippen LogP contribution in [0.1, 0.15) is 194 Å². The van der Waals surface area contributed by atoms with Gasteiger partial charge >= 0.3 is 13.8 Å². The molecule has 2 unspecified atom stereocenters. The van der Waals surface area contributed by atoms with Crippen molar-refractivity contribution in [2.24, 2.45) is 0 Å². The van der Waals surface area contributed by atoms with Crippen LogP contribution in [0.5, 0.6) is 0 Å². The Bertz CT molecular complexity index is 1130. The molecule has 1 N–H and O–H groups in total. The van der Waals surface area contributed by atoms with Crippen molar-refractivity contribution in [1.29, 1.82) is 0 Å². The van der Waals surface area contributed by atoms with Crippen molar-refractivity contribution in [3.63, 3.8) is 0 Å². The number of phosphoric acid groups is 1. The monoisotopic (exact) mass is 851 g/mol. The van der Waals surface area contributed by atoms with Crippen molar-refractivity contribution in [2.75, 3.05) is 54.1 Å². The highest BCUT2D eigenvalue weighted by molar-refractivity contribution is 7.47. The highest BCUT2D eigenvalue weighted by Crippen LogP contribution is 2.43. The van der Waals surface area contributed by atoms with Crippen molar-refractivity contribution in [3.8, 4) is 0 Å². The lowest BCUT2D eigenvalue weighted by atomic mass is 10.1. The first-order valence-corrected chi connectivity index (χ1v) is 25.5. The fourth-order valence-electron chi connectivity index (χ4n) is 6.36. The first-order valence-electron chi connectivity index (χ1n) is 24.0. The number of ether oxygens (including phenoxy) is 2. The maximum absolute atomic E-state index is 12.7. The summed E-state index contributed by atoms with van der Waals surface area (Å²) in [5.41, 5.74) is 0. The molecular weight excluding hydrogens is 758 g/mol. The van der Waals surface area contributed by atoms with Gasteiger partial charge in [0.1, 0.15) is 19.3 Å². The van der Waals surface area contributed by atoms with Crippen molar-refractivity contribution >= 4 is 13.8 Å². The highest BCUT2D eigenvalue weighted by Gasteiger charge is 2.26. The molecule has 0 fully saturated rings. The van der Waals surface area contributed by atoms with E-state index in [1.807, 2.05) is 21.1 Å². The number of likely N-dealkylation sites (N-methyl/N-ethyl adjacent to an activating group) is 1. The van der Waals surface area contributed by atoms with Crippen molar-refractivity contribution in [1.82, 2.24) is 0 Å². The smallest absolute Gasteiger partial charge is 0.457 e. The molecule has 9 heteroatoms. The lowest BCUT2D eigenvalue weighted by molar-refractivity contribution is -0.870. The summed E-state index contributed by atoms with van der Waals surface area (Å²) in [6.45, 7) is 5.47. The third kappa shape index (κ3) is 47.1. The standard InChI is InChI=1S/C50H92NO7P/c1-6-8-10-12-14-16-18-20-22-24-25-26-27-28-29-31-33-35-37-39-41-43-50(52)58-49(48-57-59(53,54)56-46-44-51(3,4)5)47-55-45-42-40-38-36-34-32-30-23-21-19-17-15-13-11-9-7-2/h9,11,15,17-18,20-21,23-25,49H,6-8,10,12-14,16,19,22,26-48H2,1-5H3/p+1/b11-9-,17-15-,20-18-,23-21-,25-24-. The Labute approximate surface area is 364 Å². The molecule has 0 saturated carbocycles. The van der Waals surface area contributed by atoms with E-state index in [9.17, 15) is 14.3 Å². The molecule has 0 amide bonds. The zero-order valence-electron chi connectivity index (χ0n) is 39.0. The second-order valence-electron chi connectivity index (χ2n) is 17.1. The van der Waals surface area contributed by atoms with E-state index in [1.54, 1.807) is 0 Å². The molecule has 0 aromatic rings. The van der Waals surface area contributed by atoms with E-state index < -0.39 is 13.9 Å². The number of esters is 1. The Morgan fingerprint density at radius 1 is 0.542 bits per heavy atom. The SMILES string of the molecule is CC/C=C\C/C=C\C/C=C\CCCCCCCCOCC(COP(=O)(O)OCC[N+](C)(C)C)OC(=O)CCCCCCCCCCC/C=C\C/C=C\CCCCCCC. The van der Waals surface area contributed by atoms with Gasteiger partial charge in [0.05, 0.1) is 34.4 Å². The zero-order chi connectivity index (χ0) is 43.4. The lowest BCUT2D eigenvalue weighted by Crippen LogP contribution is -2.37. The number of nitrogens with zero attached hydrogens (tertiary/aromatic N) is 1. The fraction of sp³-hybridized carbons (Fsp3) is 0.780. The number of rotatable bonds is 44. The minimum Gasteiger partial charge on any atom is -0.457 e. The summed E-state index contributed by atoms with van der Waals surface area (Å²) in [7, 11) is 1.65. The molecule has 0 aliphatic rings. The van der Waals surface area contributed by atoms with Gasteiger partial charge in [-0.25, -0.2) is 4.57 Å². The molecule has 0 saturated heterocycles. The van der Waals surface area contributed by atoms with Gasteiger partial charge in [0, 0.05) is 13.0 Å². The van der Waals surface area contributed by atoms with E-state index >= 15 is 0 Å². The molecule has 0 spiro atoms. The number of phosphoric ester groups is 1. The minimum absolute atomic E-state index is 0.0825. The number of carbonyl (C=O) groups is 1. The van der Waals surface area contributed by atoms with E-state index in [2.05, 4.69) is 74.6 Å². The van der Waals surface area contributed by atoms with Gasteiger partial charge in [-0.15, -0.1) is 0 Å². The van der Waals surface area contributed by atoms with Crippen molar-refractivity contribution in [2.45, 2.75) is 200 Å². The molecule has 0 aliphatic carbocycles. The van der Waals surface area contributed by atoms with Crippen LogP contribution >= 0.6 is 7.82 Å². The third-order valence-electron chi connectivity index (χ3n) is 10.1. The summed E-state index contributed by atoms with van der Waals surface area (Å²) in [6.07, 6.45) is 54.0. The maximum Gasteiger partial charge on any atom is 0.472 e. The van der Waals surface area contributed by atoms with Crippen molar-refractivity contribution in [3.05, 3.63) is 60.8 Å². The van der Waals surface area contributed by atoms with Crippen LogP contribution in [-0.2, 0) is 27.9 Å². The van der Waals surface area contributed by atoms with Gasteiger partial charge in [0.15, 0.2) is 0 Å². The quantitative estimate of drug-likeness (QED) is 0.0215. The molecule has 8 nitrogen and oxygen atoms in total. The van der Waals surface area contributed by atoms with Gasteiger partial charge in [-0.2, -0.15) is 0 Å². The van der Waals surface area contributed by atoms with Gasteiger partial charge in [-0.1, -0.05) is 171 Å². The van der Waals surface area contributed by atoms with Gasteiger partial charge < -0.3 is 18.9 Å². The van der Waals surface area contributed by atoms with Crippen LogP contribution in [0.15, 0.2) is 60.8 Å². The Morgan fingerprint density at radius 3 is 1.47 bits per heavy atom. The Hall–Kier alpha value is -1.80. The number of hydrogen-bond donors (Lipinski definition) is 1. The first kappa shape index (κ1) is 57.2. The number of carbonyl (C=O) groups excluding carboxylic acids is 1. The second-order valence-corrected chi connectivity index (χ2v) is 18.6. The largest absolute Gasteiger partial charge is 0.472 e. The predicted molar refractivity (Wildman–Crippen MR) is 252 cm³/mol. The summed E-state index contributed by atoms with van der Waals surface area (Å²) in [5, 5.41) is 0. The number of unbranched alkanes of at least 4 members (excludes halogenated alkanes) is 20. The molecular formula is C50H93NO7P+. The normalized spacial score (nSPS) is 14.2. The average Bonchev–Trinajstić information content (AvgIpc) is 3.19. The molecule has 0 aromatic carbocycles. The van der Waals surface area contributed by atoms with Crippen molar-refractivity contribution < 1.29 is 37.3 Å². The number of quaternary nitrogens is 1. The minimum atomic E-state index is -4.28. The van der Waals surface area contributed by atoms with Crippen LogP contribution < -0.4 is 0 Å². The number of allylic oxidation sites excluding steroid dienone is 10. The van der Waals surface area contributed by atoms with Crippen LogP contribution in [0, 0.1) is 0 Å². The van der Waals surface area contributed by atoms with Gasteiger partial charge in [0.25, 0.3) is 0 Å². The molecule has 2 atom stereocenters. The van der Waals surface area contributed by atoms with Crippen LogP contribution in [0.4, 0.5) is 0 Å². The summed E-state index contributed by atoms with van der Waals surface area (Å²) < 4.78 is 35.1. The van der Waals surface area contributed by atoms with E-state index in [-0.39, 0.29) is 25.8 Å². The van der Waals surface area contributed by atoms with E-state index in [0.29, 0.717) is 24.1 Å². The van der Waals surface area contributed by atoms with Crippen LogP contribution in [0.25, 0.3) is 0 Å². The van der Waals surface area contributed by atoms with Crippen LogP contribution in [0.2, 0.25) is 0 Å². The summed E-state index contributed by atoms with van der Waals surface area (Å²) in [6, 6.07) is 0. The maximum atomic E-state index is 12.7. The zero-order valence-corrected chi connectivity index (χ0v) is 39.9. The predicted octanol–water partition coefficient (Wildman–Crippen LogP) is 14.5. The molecule has 0 aromatic heterocycles. The van der Waals surface area contributed by atoms with Gasteiger partial charge in [-0.05, 0) is 77.0 Å². The van der Waals surface area contributed by atoms with E-state index in [0.717, 1.165) is 70.6 Å². The summed E-state index contributed by atoms with van der Waals surface area (Å²) in [5.74, 6) is -0.324. The molecule has 0 rings (SSSR count). The third-order valence-corrected chi connectivity index (χ3v) is 11.0. The van der Waals surface area contributed by atoms with Gasteiger partial charge in [-0.3, -0.25) is 13.8 Å². The highest BCUT2D eigenvalue weighted by atomic mass is 31.2. The molecule has 344 valence electrons. The topological polar surface area (TPSA) is 91.3 Å². The van der Waals surface area contributed by atoms with E-state index in [1.165, 1.54) is 103 Å².